The highest BCUT2D eigenvalue weighted by atomic mass is 32.2. The van der Waals surface area contributed by atoms with E-state index in [9.17, 15) is 13.4 Å². The second kappa shape index (κ2) is 5.51. The van der Waals surface area contributed by atoms with Gasteiger partial charge in [-0.05, 0) is 12.1 Å². The lowest BCUT2D eigenvalue weighted by molar-refractivity contribution is 0.0932. The zero-order valence-corrected chi connectivity index (χ0v) is 10.2. The molecular weight excluding hydrogens is 241 g/mol. The first-order valence-electron chi connectivity index (χ1n) is 5.52. The SMILES string of the molecule is O=C(CN1CCS(=O)CC1)c1ccccc1F. The van der Waals surface area contributed by atoms with Crippen molar-refractivity contribution in [3.05, 3.63) is 35.6 Å². The molecule has 1 aliphatic rings. The molecule has 1 heterocycles. The van der Waals surface area contributed by atoms with Crippen LogP contribution in [-0.4, -0.2) is 46.0 Å². The van der Waals surface area contributed by atoms with Gasteiger partial charge in [0, 0.05) is 35.4 Å². The minimum Gasteiger partial charge on any atom is -0.294 e. The minimum atomic E-state index is -0.752. The van der Waals surface area contributed by atoms with Crippen LogP contribution in [0.15, 0.2) is 24.3 Å². The first kappa shape index (κ1) is 12.4. The summed E-state index contributed by atoms with van der Waals surface area (Å²) in [5.41, 5.74) is 0.138. The third-order valence-electron chi connectivity index (χ3n) is 2.81. The molecule has 1 fully saturated rings. The predicted molar refractivity (Wildman–Crippen MR) is 65.0 cm³/mol. The third kappa shape index (κ3) is 3.20. The summed E-state index contributed by atoms with van der Waals surface area (Å²) < 4.78 is 24.5. The minimum absolute atomic E-state index is 0.138. The Balaban J connectivity index is 1.98. The van der Waals surface area contributed by atoms with Crippen LogP contribution < -0.4 is 0 Å². The maximum absolute atomic E-state index is 13.4. The number of Topliss-reactive ketones (excluding diaryl/α,β-unsaturated/α-hetero) is 1. The third-order valence-corrected chi connectivity index (χ3v) is 4.09. The number of rotatable bonds is 3. The fraction of sp³-hybridized carbons (Fsp3) is 0.417. The maximum Gasteiger partial charge on any atom is 0.179 e. The molecule has 0 N–H and O–H groups in total. The molecule has 2 rings (SSSR count). The standard InChI is InChI=1S/C12H14FNO2S/c13-11-4-2-1-3-10(11)12(15)9-14-5-7-17(16)8-6-14/h1-4H,5-9H2. The highest BCUT2D eigenvalue weighted by Gasteiger charge is 2.19. The molecule has 0 aliphatic carbocycles. The van der Waals surface area contributed by atoms with Crippen molar-refractivity contribution in [2.75, 3.05) is 31.1 Å². The average molecular weight is 255 g/mol. The summed E-state index contributed by atoms with van der Waals surface area (Å²) in [6, 6.07) is 6.01. The molecule has 1 aliphatic heterocycles. The Morgan fingerprint density at radius 1 is 1.29 bits per heavy atom. The van der Waals surface area contributed by atoms with Gasteiger partial charge in [-0.2, -0.15) is 0 Å². The molecule has 0 radical (unpaired) electrons. The zero-order chi connectivity index (χ0) is 12.3. The largest absolute Gasteiger partial charge is 0.294 e. The van der Waals surface area contributed by atoms with E-state index >= 15 is 0 Å². The van der Waals surface area contributed by atoms with E-state index in [-0.39, 0.29) is 17.9 Å². The fourth-order valence-electron chi connectivity index (χ4n) is 1.81. The second-order valence-electron chi connectivity index (χ2n) is 4.03. The molecule has 0 aromatic heterocycles. The van der Waals surface area contributed by atoms with Crippen LogP contribution in [0.25, 0.3) is 0 Å². The molecule has 17 heavy (non-hydrogen) atoms. The summed E-state index contributed by atoms with van der Waals surface area (Å²) in [4.78, 5) is 13.8. The van der Waals surface area contributed by atoms with E-state index < -0.39 is 16.6 Å². The first-order valence-corrected chi connectivity index (χ1v) is 7.00. The van der Waals surface area contributed by atoms with Crippen LogP contribution in [-0.2, 0) is 10.8 Å². The molecule has 0 bridgehead atoms. The van der Waals surface area contributed by atoms with Crippen LogP contribution in [0, 0.1) is 5.82 Å². The number of halogens is 1. The topological polar surface area (TPSA) is 37.4 Å². The summed E-state index contributed by atoms with van der Waals surface area (Å²) in [5.74, 6) is 0.517. The van der Waals surface area contributed by atoms with Crippen LogP contribution >= 0.6 is 0 Å². The summed E-state index contributed by atoms with van der Waals surface area (Å²) >= 11 is 0. The van der Waals surface area contributed by atoms with Gasteiger partial charge in [0.2, 0.25) is 0 Å². The predicted octanol–water partition coefficient (Wildman–Crippen LogP) is 1.07. The molecule has 0 spiro atoms. The van der Waals surface area contributed by atoms with E-state index in [0.29, 0.717) is 24.6 Å². The number of hydrogen-bond donors (Lipinski definition) is 0. The molecule has 0 amide bonds. The number of ketones is 1. The van der Waals surface area contributed by atoms with Gasteiger partial charge in [-0.25, -0.2) is 4.39 Å². The van der Waals surface area contributed by atoms with Crippen LogP contribution in [0.1, 0.15) is 10.4 Å². The van der Waals surface area contributed by atoms with Crippen LogP contribution in [0.3, 0.4) is 0 Å². The Bertz CT molecular complexity index is 440. The highest BCUT2D eigenvalue weighted by Crippen LogP contribution is 2.09. The Labute approximate surface area is 102 Å². The van der Waals surface area contributed by atoms with E-state index in [1.807, 2.05) is 4.90 Å². The van der Waals surface area contributed by atoms with E-state index in [0.717, 1.165) is 0 Å². The normalized spacial score (nSPS) is 18.2. The van der Waals surface area contributed by atoms with Gasteiger partial charge in [-0.15, -0.1) is 0 Å². The smallest absolute Gasteiger partial charge is 0.179 e. The van der Waals surface area contributed by atoms with Crippen molar-refractivity contribution < 1.29 is 13.4 Å². The molecule has 0 atom stereocenters. The van der Waals surface area contributed by atoms with Gasteiger partial charge >= 0.3 is 0 Å². The lowest BCUT2D eigenvalue weighted by Gasteiger charge is -2.25. The van der Waals surface area contributed by atoms with E-state index in [1.165, 1.54) is 12.1 Å². The van der Waals surface area contributed by atoms with Crippen molar-refractivity contribution in [3.8, 4) is 0 Å². The molecule has 0 saturated carbocycles. The van der Waals surface area contributed by atoms with Crippen molar-refractivity contribution in [2.45, 2.75) is 0 Å². The average Bonchev–Trinajstić information content (AvgIpc) is 2.32. The van der Waals surface area contributed by atoms with Gasteiger partial charge in [0.05, 0.1) is 12.1 Å². The monoisotopic (exact) mass is 255 g/mol. The summed E-state index contributed by atoms with van der Waals surface area (Å²) in [5, 5.41) is 0. The fourth-order valence-corrected chi connectivity index (χ4v) is 2.94. The molecule has 1 saturated heterocycles. The quantitative estimate of drug-likeness (QED) is 0.758. The van der Waals surface area contributed by atoms with Gasteiger partial charge in [0.1, 0.15) is 5.82 Å². The summed E-state index contributed by atoms with van der Waals surface area (Å²) in [7, 11) is -0.752. The molecular formula is C12H14FNO2S. The van der Waals surface area contributed by atoms with E-state index in [4.69, 9.17) is 0 Å². The number of nitrogens with zero attached hydrogens (tertiary/aromatic N) is 1. The van der Waals surface area contributed by atoms with Crippen molar-refractivity contribution in [2.24, 2.45) is 0 Å². The second-order valence-corrected chi connectivity index (χ2v) is 5.72. The van der Waals surface area contributed by atoms with Crippen LogP contribution in [0.5, 0.6) is 0 Å². The lowest BCUT2D eigenvalue weighted by Crippen LogP contribution is -2.40. The van der Waals surface area contributed by atoms with Crippen molar-refractivity contribution in [1.29, 1.82) is 0 Å². The Morgan fingerprint density at radius 3 is 2.59 bits per heavy atom. The van der Waals surface area contributed by atoms with E-state index in [1.54, 1.807) is 12.1 Å². The Kier molecular flexibility index (Phi) is 4.02. The van der Waals surface area contributed by atoms with Gasteiger partial charge < -0.3 is 0 Å². The van der Waals surface area contributed by atoms with Crippen molar-refractivity contribution in [1.82, 2.24) is 4.90 Å². The summed E-state index contributed by atoms with van der Waals surface area (Å²) in [6.07, 6.45) is 0. The highest BCUT2D eigenvalue weighted by molar-refractivity contribution is 7.85. The van der Waals surface area contributed by atoms with Gasteiger partial charge in [0.15, 0.2) is 5.78 Å². The Morgan fingerprint density at radius 2 is 1.94 bits per heavy atom. The number of benzene rings is 1. The Hall–Kier alpha value is -1.07. The molecule has 92 valence electrons. The van der Waals surface area contributed by atoms with Crippen molar-refractivity contribution in [3.63, 3.8) is 0 Å². The molecule has 1 aromatic rings. The first-order chi connectivity index (χ1) is 8.16. The summed E-state index contributed by atoms with van der Waals surface area (Å²) in [6.45, 7) is 1.50. The van der Waals surface area contributed by atoms with Crippen LogP contribution in [0.4, 0.5) is 4.39 Å². The van der Waals surface area contributed by atoms with E-state index in [2.05, 4.69) is 0 Å². The number of hydrogen-bond acceptors (Lipinski definition) is 3. The van der Waals surface area contributed by atoms with Gasteiger partial charge in [0.25, 0.3) is 0 Å². The van der Waals surface area contributed by atoms with Crippen LogP contribution in [0.2, 0.25) is 0 Å². The lowest BCUT2D eigenvalue weighted by atomic mass is 10.1. The number of carbonyl (C=O) groups excluding carboxylic acids is 1. The number of carbonyl (C=O) groups is 1. The van der Waals surface area contributed by atoms with Gasteiger partial charge in [-0.1, -0.05) is 12.1 Å². The van der Waals surface area contributed by atoms with Gasteiger partial charge in [-0.3, -0.25) is 13.9 Å². The molecule has 0 unspecified atom stereocenters. The zero-order valence-electron chi connectivity index (χ0n) is 9.39. The molecule has 5 heteroatoms. The van der Waals surface area contributed by atoms with Crippen molar-refractivity contribution >= 4 is 16.6 Å². The molecule has 1 aromatic carbocycles. The molecule has 3 nitrogen and oxygen atoms in total. The maximum atomic E-state index is 13.4.